The van der Waals surface area contributed by atoms with E-state index in [-0.39, 0.29) is 17.6 Å². The van der Waals surface area contributed by atoms with Crippen molar-refractivity contribution in [3.05, 3.63) is 0 Å². The van der Waals surface area contributed by atoms with Gasteiger partial charge >= 0.3 is 0 Å². The third-order valence-electron chi connectivity index (χ3n) is 4.87. The Morgan fingerprint density at radius 2 is 1.95 bits per heavy atom. The van der Waals surface area contributed by atoms with E-state index in [0.717, 1.165) is 19.5 Å². The Bertz CT molecular complexity index is 272. The molecule has 3 heteroatoms. The van der Waals surface area contributed by atoms with Crippen LogP contribution >= 0.6 is 0 Å². The molecule has 112 valence electrons. The minimum atomic E-state index is 0.176. The molecule has 1 heterocycles. The molecule has 1 aliphatic heterocycles. The van der Waals surface area contributed by atoms with Crippen LogP contribution in [0, 0.1) is 5.41 Å². The lowest BCUT2D eigenvalue weighted by molar-refractivity contribution is -0.0627. The molecule has 0 amide bonds. The van der Waals surface area contributed by atoms with E-state index in [1.165, 1.54) is 44.9 Å². The van der Waals surface area contributed by atoms with Crippen LogP contribution in [0.15, 0.2) is 0 Å². The number of hydrogen-bond acceptors (Lipinski definition) is 3. The summed E-state index contributed by atoms with van der Waals surface area (Å²) in [6.45, 7) is 6.61. The van der Waals surface area contributed by atoms with Gasteiger partial charge in [0, 0.05) is 19.7 Å². The van der Waals surface area contributed by atoms with E-state index in [1.54, 1.807) is 0 Å². The molecule has 19 heavy (non-hydrogen) atoms. The Labute approximate surface area is 118 Å². The first-order chi connectivity index (χ1) is 9.05. The Balaban J connectivity index is 1.68. The highest BCUT2D eigenvalue weighted by Gasteiger charge is 2.40. The molecule has 2 aliphatic rings. The molecule has 1 saturated heterocycles. The zero-order valence-corrected chi connectivity index (χ0v) is 12.7. The van der Waals surface area contributed by atoms with Crippen molar-refractivity contribution in [3.63, 3.8) is 0 Å². The van der Waals surface area contributed by atoms with E-state index >= 15 is 0 Å². The van der Waals surface area contributed by atoms with Gasteiger partial charge in [0.05, 0.1) is 11.7 Å². The Kier molecular flexibility index (Phi) is 5.27. The molecule has 0 radical (unpaired) electrons. The van der Waals surface area contributed by atoms with Gasteiger partial charge in [0.2, 0.25) is 0 Å². The Hall–Kier alpha value is -0.120. The van der Waals surface area contributed by atoms with Gasteiger partial charge in [-0.1, -0.05) is 33.1 Å². The Morgan fingerprint density at radius 3 is 2.63 bits per heavy atom. The monoisotopic (exact) mass is 269 g/mol. The number of nitrogens with one attached hydrogen (secondary N) is 1. The van der Waals surface area contributed by atoms with Crippen molar-refractivity contribution in [2.75, 3.05) is 19.7 Å². The first-order valence-electron chi connectivity index (χ1n) is 8.05. The molecule has 0 aromatic rings. The molecule has 2 N–H and O–H groups in total. The number of hydrogen-bond donors (Lipinski definition) is 2. The lowest BCUT2D eigenvalue weighted by Gasteiger charge is -2.33. The standard InChI is InChI=1S/C16H31NO2/c1-15(2,10-11-18)13-17-12-14-6-9-16(19-14)7-4-3-5-8-16/h14,17-18H,3-13H2,1-2H3. The predicted octanol–water partition coefficient (Wildman–Crippen LogP) is 2.87. The van der Waals surface area contributed by atoms with E-state index in [0.29, 0.717) is 6.10 Å². The van der Waals surface area contributed by atoms with E-state index in [9.17, 15) is 0 Å². The summed E-state index contributed by atoms with van der Waals surface area (Å²) in [6, 6.07) is 0. The summed E-state index contributed by atoms with van der Waals surface area (Å²) in [5.74, 6) is 0. The minimum Gasteiger partial charge on any atom is -0.396 e. The smallest absolute Gasteiger partial charge is 0.0708 e. The fourth-order valence-electron chi connectivity index (χ4n) is 3.57. The third-order valence-corrected chi connectivity index (χ3v) is 4.87. The highest BCUT2D eigenvalue weighted by Crippen LogP contribution is 2.41. The van der Waals surface area contributed by atoms with Crippen LogP contribution in [-0.2, 0) is 4.74 Å². The fourth-order valence-corrected chi connectivity index (χ4v) is 3.57. The molecule has 3 nitrogen and oxygen atoms in total. The normalized spacial score (nSPS) is 27.0. The van der Waals surface area contributed by atoms with Crippen LogP contribution in [0.3, 0.4) is 0 Å². The summed E-state index contributed by atoms with van der Waals surface area (Å²) in [4.78, 5) is 0. The summed E-state index contributed by atoms with van der Waals surface area (Å²) in [7, 11) is 0. The van der Waals surface area contributed by atoms with Gasteiger partial charge in [-0.2, -0.15) is 0 Å². The topological polar surface area (TPSA) is 41.5 Å². The molecule has 1 atom stereocenters. The van der Waals surface area contributed by atoms with Crippen molar-refractivity contribution in [3.8, 4) is 0 Å². The average Bonchev–Trinajstić information content (AvgIpc) is 2.73. The maximum absolute atomic E-state index is 9.03. The summed E-state index contributed by atoms with van der Waals surface area (Å²) in [5, 5.41) is 12.6. The van der Waals surface area contributed by atoms with Crippen molar-refractivity contribution in [2.45, 2.75) is 76.9 Å². The van der Waals surface area contributed by atoms with E-state index < -0.39 is 0 Å². The number of rotatable bonds is 6. The van der Waals surface area contributed by atoms with Crippen LogP contribution in [0.1, 0.15) is 65.2 Å². The first kappa shape index (κ1) is 15.3. The van der Waals surface area contributed by atoms with Gasteiger partial charge in [-0.05, 0) is 37.5 Å². The maximum atomic E-state index is 9.03. The molecular weight excluding hydrogens is 238 g/mol. The maximum Gasteiger partial charge on any atom is 0.0708 e. The van der Waals surface area contributed by atoms with Crippen molar-refractivity contribution >= 4 is 0 Å². The van der Waals surface area contributed by atoms with Crippen LogP contribution in [0.5, 0.6) is 0 Å². The van der Waals surface area contributed by atoms with Gasteiger partial charge in [-0.15, -0.1) is 0 Å². The highest BCUT2D eigenvalue weighted by molar-refractivity contribution is 4.91. The van der Waals surface area contributed by atoms with Crippen molar-refractivity contribution in [1.82, 2.24) is 5.32 Å². The lowest BCUT2D eigenvalue weighted by Crippen LogP contribution is -2.37. The quantitative estimate of drug-likeness (QED) is 0.779. The summed E-state index contributed by atoms with van der Waals surface area (Å²) < 4.78 is 6.35. The summed E-state index contributed by atoms with van der Waals surface area (Å²) in [5.41, 5.74) is 0.418. The number of aliphatic hydroxyl groups excluding tert-OH is 1. The molecule has 0 bridgehead atoms. The summed E-state index contributed by atoms with van der Waals surface area (Å²) in [6.07, 6.45) is 10.4. The van der Waals surface area contributed by atoms with Crippen molar-refractivity contribution < 1.29 is 9.84 Å². The van der Waals surface area contributed by atoms with Gasteiger partial charge in [0.15, 0.2) is 0 Å². The second kappa shape index (κ2) is 6.55. The van der Waals surface area contributed by atoms with E-state index in [4.69, 9.17) is 9.84 Å². The summed E-state index contributed by atoms with van der Waals surface area (Å²) >= 11 is 0. The fraction of sp³-hybridized carbons (Fsp3) is 1.00. The van der Waals surface area contributed by atoms with Gasteiger partial charge in [0.25, 0.3) is 0 Å². The highest BCUT2D eigenvalue weighted by atomic mass is 16.5. The Morgan fingerprint density at radius 1 is 1.21 bits per heavy atom. The SMILES string of the molecule is CC(C)(CCO)CNCC1CCC2(CCCCC2)O1. The first-order valence-corrected chi connectivity index (χ1v) is 8.05. The number of ether oxygens (including phenoxy) is 1. The molecule has 1 aliphatic carbocycles. The predicted molar refractivity (Wildman–Crippen MR) is 78.3 cm³/mol. The molecule has 2 rings (SSSR count). The molecule has 1 saturated carbocycles. The van der Waals surface area contributed by atoms with Crippen LogP contribution < -0.4 is 5.32 Å². The van der Waals surface area contributed by atoms with Gasteiger partial charge in [-0.25, -0.2) is 0 Å². The van der Waals surface area contributed by atoms with Crippen LogP contribution in [0.25, 0.3) is 0 Å². The van der Waals surface area contributed by atoms with Gasteiger partial charge in [0.1, 0.15) is 0 Å². The minimum absolute atomic E-state index is 0.176. The molecule has 0 aromatic heterocycles. The van der Waals surface area contributed by atoms with Gasteiger partial charge in [-0.3, -0.25) is 0 Å². The van der Waals surface area contributed by atoms with Crippen LogP contribution in [0.2, 0.25) is 0 Å². The molecule has 2 fully saturated rings. The molecule has 1 unspecified atom stereocenters. The molecule has 0 aromatic carbocycles. The lowest BCUT2D eigenvalue weighted by atomic mass is 9.83. The van der Waals surface area contributed by atoms with Gasteiger partial charge < -0.3 is 15.2 Å². The zero-order chi connectivity index (χ0) is 13.8. The molecular formula is C16H31NO2. The van der Waals surface area contributed by atoms with Crippen LogP contribution in [0.4, 0.5) is 0 Å². The number of aliphatic hydroxyl groups is 1. The third kappa shape index (κ3) is 4.44. The second-order valence-electron chi connectivity index (χ2n) is 7.29. The largest absolute Gasteiger partial charge is 0.396 e. The van der Waals surface area contributed by atoms with E-state index in [1.807, 2.05) is 0 Å². The zero-order valence-electron chi connectivity index (χ0n) is 12.7. The van der Waals surface area contributed by atoms with Crippen LogP contribution in [-0.4, -0.2) is 36.5 Å². The molecule has 1 spiro atoms. The average molecular weight is 269 g/mol. The van der Waals surface area contributed by atoms with Crippen molar-refractivity contribution in [2.24, 2.45) is 5.41 Å². The second-order valence-corrected chi connectivity index (χ2v) is 7.29. The van der Waals surface area contributed by atoms with Crippen molar-refractivity contribution in [1.29, 1.82) is 0 Å². The van der Waals surface area contributed by atoms with E-state index in [2.05, 4.69) is 19.2 Å².